The molecule has 0 unspecified atom stereocenters. The topological polar surface area (TPSA) is 21.3 Å². The van der Waals surface area contributed by atoms with E-state index in [1.54, 1.807) is 0 Å². The Morgan fingerprint density at radius 2 is 2.20 bits per heavy atom. The predicted octanol–water partition coefficient (Wildman–Crippen LogP) is 2.88. The average molecular weight is 272 g/mol. The summed E-state index contributed by atoms with van der Waals surface area (Å²) in [6, 6.07) is 6.36. The Labute approximate surface area is 100 Å². The molecule has 0 amide bonds. The summed E-state index contributed by atoms with van der Waals surface area (Å²) >= 11 is 3.46. The van der Waals surface area contributed by atoms with Crippen LogP contribution >= 0.6 is 15.9 Å². The van der Waals surface area contributed by atoms with Gasteiger partial charge in [-0.1, -0.05) is 22.0 Å². The summed E-state index contributed by atoms with van der Waals surface area (Å²) < 4.78 is 6.39. The molecule has 1 rings (SSSR count). The minimum Gasteiger partial charge on any atom is -0.380 e. The maximum Gasteiger partial charge on any atom is 0.0590 e. The number of ether oxygens (including phenoxy) is 1. The third kappa shape index (κ3) is 4.78. The maximum atomic E-state index is 5.25. The number of nitrogens with one attached hydrogen (secondary N) is 1. The van der Waals surface area contributed by atoms with Gasteiger partial charge < -0.3 is 10.1 Å². The quantitative estimate of drug-likeness (QED) is 0.804. The van der Waals surface area contributed by atoms with E-state index in [1.807, 2.05) is 6.92 Å². The molecule has 1 N–H and O–H groups in total. The standard InChI is InChI=1S/C12H18BrNO/c1-3-15-7-6-14-9-11-4-5-12(13)8-10(11)2/h4-5,8,14H,3,6-7,9H2,1-2H3. The van der Waals surface area contributed by atoms with Crippen molar-refractivity contribution in [1.82, 2.24) is 5.32 Å². The highest BCUT2D eigenvalue weighted by Gasteiger charge is 1.98. The second kappa shape index (κ2) is 6.99. The van der Waals surface area contributed by atoms with Crippen molar-refractivity contribution in [3.63, 3.8) is 0 Å². The lowest BCUT2D eigenvalue weighted by molar-refractivity contribution is 0.149. The van der Waals surface area contributed by atoms with Crippen molar-refractivity contribution in [3.8, 4) is 0 Å². The van der Waals surface area contributed by atoms with Crippen molar-refractivity contribution in [3.05, 3.63) is 33.8 Å². The third-order valence-corrected chi connectivity index (χ3v) is 2.74. The van der Waals surface area contributed by atoms with E-state index < -0.39 is 0 Å². The van der Waals surface area contributed by atoms with Gasteiger partial charge in [0.1, 0.15) is 0 Å². The molecular formula is C12H18BrNO. The van der Waals surface area contributed by atoms with Crippen molar-refractivity contribution < 1.29 is 4.74 Å². The molecule has 0 aliphatic heterocycles. The van der Waals surface area contributed by atoms with E-state index in [0.717, 1.165) is 30.8 Å². The van der Waals surface area contributed by atoms with Gasteiger partial charge in [-0.2, -0.15) is 0 Å². The number of halogens is 1. The summed E-state index contributed by atoms with van der Waals surface area (Å²) in [5.41, 5.74) is 2.66. The molecule has 84 valence electrons. The monoisotopic (exact) mass is 271 g/mol. The molecule has 1 aromatic carbocycles. The fraction of sp³-hybridized carbons (Fsp3) is 0.500. The number of rotatable bonds is 6. The van der Waals surface area contributed by atoms with Crippen LogP contribution in [-0.2, 0) is 11.3 Å². The molecule has 0 saturated heterocycles. The molecule has 0 saturated carbocycles. The molecule has 0 radical (unpaired) electrons. The first-order valence-electron chi connectivity index (χ1n) is 5.27. The lowest BCUT2D eigenvalue weighted by Crippen LogP contribution is -2.19. The summed E-state index contributed by atoms with van der Waals surface area (Å²) in [6.07, 6.45) is 0. The molecule has 0 spiro atoms. The molecular weight excluding hydrogens is 254 g/mol. The van der Waals surface area contributed by atoms with Crippen molar-refractivity contribution in [2.75, 3.05) is 19.8 Å². The second-order valence-corrected chi connectivity index (χ2v) is 4.36. The number of benzene rings is 1. The zero-order chi connectivity index (χ0) is 11.1. The van der Waals surface area contributed by atoms with E-state index in [4.69, 9.17) is 4.74 Å². The van der Waals surface area contributed by atoms with Gasteiger partial charge in [0, 0.05) is 24.2 Å². The van der Waals surface area contributed by atoms with E-state index in [0.29, 0.717) is 0 Å². The fourth-order valence-electron chi connectivity index (χ4n) is 1.37. The molecule has 0 aliphatic carbocycles. The number of hydrogen-bond acceptors (Lipinski definition) is 2. The first kappa shape index (κ1) is 12.7. The van der Waals surface area contributed by atoms with Gasteiger partial charge >= 0.3 is 0 Å². The van der Waals surface area contributed by atoms with Gasteiger partial charge in [0.25, 0.3) is 0 Å². The van der Waals surface area contributed by atoms with Crippen molar-refractivity contribution in [1.29, 1.82) is 0 Å². The molecule has 0 heterocycles. The first-order chi connectivity index (χ1) is 7.24. The van der Waals surface area contributed by atoms with Crippen LogP contribution in [0.5, 0.6) is 0 Å². The Kier molecular flexibility index (Phi) is 5.91. The molecule has 15 heavy (non-hydrogen) atoms. The summed E-state index contributed by atoms with van der Waals surface area (Å²) in [7, 11) is 0. The zero-order valence-corrected chi connectivity index (χ0v) is 10.9. The van der Waals surface area contributed by atoms with E-state index in [9.17, 15) is 0 Å². The zero-order valence-electron chi connectivity index (χ0n) is 9.35. The Bertz CT molecular complexity index is 302. The summed E-state index contributed by atoms with van der Waals surface area (Å²) in [4.78, 5) is 0. The second-order valence-electron chi connectivity index (χ2n) is 3.44. The number of hydrogen-bond donors (Lipinski definition) is 1. The minimum atomic E-state index is 0.784. The Balaban J connectivity index is 2.31. The number of aryl methyl sites for hydroxylation is 1. The van der Waals surface area contributed by atoms with Crippen molar-refractivity contribution in [2.45, 2.75) is 20.4 Å². The van der Waals surface area contributed by atoms with E-state index in [-0.39, 0.29) is 0 Å². The molecule has 3 heteroatoms. The van der Waals surface area contributed by atoms with Crippen molar-refractivity contribution in [2.24, 2.45) is 0 Å². The molecule has 0 atom stereocenters. The molecule has 1 aromatic rings. The minimum absolute atomic E-state index is 0.784. The predicted molar refractivity (Wildman–Crippen MR) is 67.1 cm³/mol. The van der Waals surface area contributed by atoms with Gasteiger partial charge in [-0.25, -0.2) is 0 Å². The van der Waals surface area contributed by atoms with Crippen LogP contribution in [0.3, 0.4) is 0 Å². The van der Waals surface area contributed by atoms with Crippen LogP contribution in [0.2, 0.25) is 0 Å². The molecule has 0 bridgehead atoms. The molecule has 0 aromatic heterocycles. The van der Waals surface area contributed by atoms with E-state index in [2.05, 4.69) is 46.4 Å². The van der Waals surface area contributed by atoms with Gasteiger partial charge in [-0.15, -0.1) is 0 Å². The Morgan fingerprint density at radius 1 is 1.40 bits per heavy atom. The smallest absolute Gasteiger partial charge is 0.0590 e. The van der Waals surface area contributed by atoms with Gasteiger partial charge in [-0.05, 0) is 37.1 Å². The Hall–Kier alpha value is -0.380. The molecule has 0 aliphatic rings. The van der Waals surface area contributed by atoms with E-state index in [1.165, 1.54) is 11.1 Å². The van der Waals surface area contributed by atoms with Crippen LogP contribution in [0.15, 0.2) is 22.7 Å². The lowest BCUT2D eigenvalue weighted by atomic mass is 10.1. The van der Waals surface area contributed by atoms with Crippen LogP contribution < -0.4 is 5.32 Å². The Morgan fingerprint density at radius 3 is 2.87 bits per heavy atom. The van der Waals surface area contributed by atoms with Crippen LogP contribution in [-0.4, -0.2) is 19.8 Å². The van der Waals surface area contributed by atoms with Gasteiger partial charge in [0.2, 0.25) is 0 Å². The summed E-state index contributed by atoms with van der Waals surface area (Å²) in [5, 5.41) is 3.36. The van der Waals surface area contributed by atoms with Crippen LogP contribution in [0.25, 0.3) is 0 Å². The molecule has 0 fully saturated rings. The van der Waals surface area contributed by atoms with E-state index >= 15 is 0 Å². The summed E-state index contributed by atoms with van der Waals surface area (Å²) in [5.74, 6) is 0. The average Bonchev–Trinajstić information content (AvgIpc) is 2.20. The lowest BCUT2D eigenvalue weighted by Gasteiger charge is -2.08. The van der Waals surface area contributed by atoms with Crippen LogP contribution in [0.4, 0.5) is 0 Å². The van der Waals surface area contributed by atoms with Crippen LogP contribution in [0.1, 0.15) is 18.1 Å². The highest BCUT2D eigenvalue weighted by Crippen LogP contribution is 2.15. The largest absolute Gasteiger partial charge is 0.380 e. The SMILES string of the molecule is CCOCCNCc1ccc(Br)cc1C. The van der Waals surface area contributed by atoms with Crippen molar-refractivity contribution >= 4 is 15.9 Å². The summed E-state index contributed by atoms with van der Waals surface area (Å²) in [6.45, 7) is 7.53. The van der Waals surface area contributed by atoms with Crippen LogP contribution in [0, 0.1) is 6.92 Å². The molecule has 2 nitrogen and oxygen atoms in total. The van der Waals surface area contributed by atoms with Gasteiger partial charge in [-0.3, -0.25) is 0 Å². The third-order valence-electron chi connectivity index (χ3n) is 2.25. The van der Waals surface area contributed by atoms with Gasteiger partial charge in [0.15, 0.2) is 0 Å². The maximum absolute atomic E-state index is 5.25. The first-order valence-corrected chi connectivity index (χ1v) is 6.07. The normalized spacial score (nSPS) is 10.6. The fourth-order valence-corrected chi connectivity index (χ4v) is 1.84. The highest BCUT2D eigenvalue weighted by atomic mass is 79.9. The highest BCUT2D eigenvalue weighted by molar-refractivity contribution is 9.10. The van der Waals surface area contributed by atoms with Gasteiger partial charge in [0.05, 0.1) is 6.61 Å².